The largest absolute Gasteiger partial charge is 0.394 e. The molecule has 0 aliphatic carbocycles. The first-order valence-electron chi connectivity index (χ1n) is 8.76. The number of thioether (sulfide) groups is 1. The summed E-state index contributed by atoms with van der Waals surface area (Å²) in [6.07, 6.45) is -0.927. The molecule has 7 nitrogen and oxygen atoms in total. The molecule has 1 atom stereocenters. The number of ether oxygens (including phenoxy) is 1. The van der Waals surface area contributed by atoms with E-state index in [1.807, 2.05) is 11.2 Å². The molecule has 0 amide bonds. The van der Waals surface area contributed by atoms with Gasteiger partial charge in [-0.25, -0.2) is 23.7 Å². The fourth-order valence-electron chi connectivity index (χ4n) is 3.29. The van der Waals surface area contributed by atoms with Crippen LogP contribution in [0.25, 0.3) is 16.9 Å². The van der Waals surface area contributed by atoms with E-state index < -0.39 is 6.43 Å². The zero-order valence-electron chi connectivity index (χ0n) is 15.1. The topological polar surface area (TPSA) is 76.3 Å². The number of anilines is 1. The number of rotatable bonds is 5. The van der Waals surface area contributed by atoms with E-state index in [0.29, 0.717) is 47.6 Å². The number of morpholine rings is 1. The molecule has 0 saturated carbocycles. The Bertz CT molecular complexity index is 984. The Hall–Kier alpha value is -2.30. The lowest BCUT2D eigenvalue weighted by Gasteiger charge is -2.35. The minimum atomic E-state index is -2.75. The number of aliphatic hydroxyl groups excluding tert-OH is 1. The summed E-state index contributed by atoms with van der Waals surface area (Å²) in [5.41, 5.74) is 1.03. The van der Waals surface area contributed by atoms with Crippen molar-refractivity contribution in [3.05, 3.63) is 36.2 Å². The molecule has 1 aromatic carbocycles. The summed E-state index contributed by atoms with van der Waals surface area (Å²) in [6.45, 7) is 1.33. The van der Waals surface area contributed by atoms with Gasteiger partial charge in [-0.15, -0.1) is 0 Å². The molecule has 1 saturated heterocycles. The molecule has 0 radical (unpaired) electrons. The van der Waals surface area contributed by atoms with Gasteiger partial charge in [0.05, 0.1) is 36.9 Å². The van der Waals surface area contributed by atoms with Crippen LogP contribution in [0.3, 0.4) is 0 Å². The van der Waals surface area contributed by atoms with Crippen molar-refractivity contribution in [2.24, 2.45) is 0 Å². The van der Waals surface area contributed by atoms with E-state index in [4.69, 9.17) is 4.74 Å². The first kappa shape index (κ1) is 19.0. The minimum absolute atomic E-state index is 0.0930. The summed E-state index contributed by atoms with van der Waals surface area (Å²) >= 11 is 1.32. The maximum atomic E-state index is 13.7. The number of fused-ring (bicyclic) bond motifs is 1. The molecule has 3 aromatic rings. The van der Waals surface area contributed by atoms with Crippen molar-refractivity contribution in [2.45, 2.75) is 17.6 Å². The maximum Gasteiger partial charge on any atom is 0.296 e. The second-order valence-corrected chi connectivity index (χ2v) is 7.04. The van der Waals surface area contributed by atoms with Crippen LogP contribution < -0.4 is 4.90 Å². The van der Waals surface area contributed by atoms with E-state index >= 15 is 0 Å². The highest BCUT2D eigenvalue weighted by Gasteiger charge is 2.26. The molecule has 10 heteroatoms. The molecule has 0 unspecified atom stereocenters. The Kier molecular flexibility index (Phi) is 5.42. The van der Waals surface area contributed by atoms with E-state index in [1.54, 1.807) is 30.3 Å². The summed E-state index contributed by atoms with van der Waals surface area (Å²) in [4.78, 5) is 15.0. The number of halogens is 2. The van der Waals surface area contributed by atoms with Gasteiger partial charge in [0.2, 0.25) is 0 Å². The van der Waals surface area contributed by atoms with E-state index in [1.165, 1.54) is 16.3 Å². The van der Waals surface area contributed by atoms with Crippen molar-refractivity contribution in [1.29, 1.82) is 0 Å². The number of benzene rings is 1. The Labute approximate surface area is 164 Å². The lowest BCUT2D eigenvalue weighted by molar-refractivity contribution is 0.0722. The van der Waals surface area contributed by atoms with E-state index in [9.17, 15) is 13.9 Å². The average molecular weight is 407 g/mol. The Morgan fingerprint density at radius 2 is 2.04 bits per heavy atom. The molecule has 0 bridgehead atoms. The highest BCUT2D eigenvalue weighted by atomic mass is 32.2. The van der Waals surface area contributed by atoms with Crippen molar-refractivity contribution in [2.75, 3.05) is 37.5 Å². The SMILES string of the molecule is CSc1nc(N2CCOC[C@@H]2CO)cc(-n2c(C(F)F)nc3ccccc32)n1. The van der Waals surface area contributed by atoms with Crippen molar-refractivity contribution in [1.82, 2.24) is 19.5 Å². The summed E-state index contributed by atoms with van der Waals surface area (Å²) in [5, 5.41) is 10.1. The number of nitrogens with zero attached hydrogens (tertiary/aromatic N) is 5. The number of aromatic nitrogens is 4. The van der Waals surface area contributed by atoms with E-state index in [2.05, 4.69) is 15.0 Å². The molecule has 3 heterocycles. The standard InChI is InChI=1S/C18H19F2N5O2S/c1-28-18-22-14(24-6-7-27-10-11(24)9-26)8-15(23-18)25-13-5-3-2-4-12(13)21-17(25)16(19)20/h2-5,8,11,16,26H,6-7,9-10H2,1H3/t11-/m0/s1. The zero-order chi connectivity index (χ0) is 19.7. The molecule has 4 rings (SSSR count). The van der Waals surface area contributed by atoms with Crippen molar-refractivity contribution in [3.63, 3.8) is 0 Å². The first-order valence-corrected chi connectivity index (χ1v) is 9.99. The van der Waals surface area contributed by atoms with Crippen molar-refractivity contribution < 1.29 is 18.6 Å². The third kappa shape index (κ3) is 3.43. The third-order valence-corrected chi connectivity index (χ3v) is 5.15. The fraction of sp³-hybridized carbons (Fsp3) is 0.389. The third-order valence-electron chi connectivity index (χ3n) is 4.60. The van der Waals surface area contributed by atoms with Crippen LogP contribution in [0.15, 0.2) is 35.5 Å². The van der Waals surface area contributed by atoms with Gasteiger partial charge in [-0.2, -0.15) is 0 Å². The Morgan fingerprint density at radius 3 is 2.79 bits per heavy atom. The summed E-state index contributed by atoms with van der Waals surface area (Å²) < 4.78 is 34.2. The van der Waals surface area contributed by atoms with Gasteiger partial charge < -0.3 is 14.7 Å². The molecule has 1 aliphatic heterocycles. The quantitative estimate of drug-likeness (QED) is 0.515. The first-order chi connectivity index (χ1) is 13.6. The molecule has 1 fully saturated rings. The lowest BCUT2D eigenvalue weighted by Crippen LogP contribution is -2.48. The van der Waals surface area contributed by atoms with Gasteiger partial charge in [0.1, 0.15) is 11.6 Å². The molecule has 1 N–H and O–H groups in total. The van der Waals surface area contributed by atoms with Crippen molar-refractivity contribution >= 4 is 28.6 Å². The van der Waals surface area contributed by atoms with Crippen molar-refractivity contribution in [3.8, 4) is 5.82 Å². The highest BCUT2D eigenvalue weighted by Crippen LogP contribution is 2.30. The van der Waals surface area contributed by atoms with E-state index in [0.717, 1.165) is 0 Å². The summed E-state index contributed by atoms with van der Waals surface area (Å²) in [5.74, 6) is 0.523. The predicted octanol–water partition coefficient (Wildman–Crippen LogP) is 2.67. The Balaban J connectivity index is 1.89. The number of alkyl halides is 2. The smallest absolute Gasteiger partial charge is 0.296 e. The molecular formula is C18H19F2N5O2S. The van der Waals surface area contributed by atoms with E-state index in [-0.39, 0.29) is 18.5 Å². The normalized spacial score (nSPS) is 17.6. The summed E-state index contributed by atoms with van der Waals surface area (Å²) in [6, 6.07) is 8.37. The number of aliphatic hydroxyl groups is 1. The molecule has 0 spiro atoms. The van der Waals surface area contributed by atoms with Crippen LogP contribution >= 0.6 is 11.8 Å². The van der Waals surface area contributed by atoms with Gasteiger partial charge >= 0.3 is 0 Å². The number of hydrogen-bond donors (Lipinski definition) is 1. The molecule has 1 aliphatic rings. The number of hydrogen-bond acceptors (Lipinski definition) is 7. The lowest BCUT2D eigenvalue weighted by atomic mass is 10.2. The second-order valence-electron chi connectivity index (χ2n) is 6.27. The van der Waals surface area contributed by atoms with Crippen LogP contribution in [0.2, 0.25) is 0 Å². The minimum Gasteiger partial charge on any atom is -0.394 e. The molecule has 28 heavy (non-hydrogen) atoms. The number of para-hydroxylation sites is 2. The predicted molar refractivity (Wildman–Crippen MR) is 102 cm³/mol. The van der Waals surface area contributed by atoms with Gasteiger partial charge in [-0.3, -0.25) is 4.57 Å². The second kappa shape index (κ2) is 7.98. The van der Waals surface area contributed by atoms with Crippen LogP contribution in [0, 0.1) is 0 Å². The van der Waals surface area contributed by atoms with Crippen LogP contribution in [-0.2, 0) is 4.74 Å². The molecule has 148 valence electrons. The van der Waals surface area contributed by atoms with Gasteiger partial charge in [0, 0.05) is 12.6 Å². The molecular weight excluding hydrogens is 388 g/mol. The molecule has 2 aromatic heterocycles. The number of imidazole rings is 1. The van der Waals surface area contributed by atoms with Crippen LogP contribution in [0.4, 0.5) is 14.6 Å². The fourth-order valence-corrected chi connectivity index (χ4v) is 3.66. The summed E-state index contributed by atoms with van der Waals surface area (Å²) in [7, 11) is 0. The maximum absolute atomic E-state index is 13.7. The van der Waals surface area contributed by atoms with Gasteiger partial charge in [-0.05, 0) is 18.4 Å². The average Bonchev–Trinajstić information content (AvgIpc) is 3.13. The van der Waals surface area contributed by atoms with Gasteiger partial charge in [0.15, 0.2) is 11.0 Å². The van der Waals surface area contributed by atoms with Gasteiger partial charge in [-0.1, -0.05) is 23.9 Å². The van der Waals surface area contributed by atoms with Crippen LogP contribution in [0.5, 0.6) is 0 Å². The highest BCUT2D eigenvalue weighted by molar-refractivity contribution is 7.98. The van der Waals surface area contributed by atoms with Crippen LogP contribution in [-0.4, -0.2) is 63.3 Å². The van der Waals surface area contributed by atoms with Crippen LogP contribution in [0.1, 0.15) is 12.2 Å². The Morgan fingerprint density at radius 1 is 1.25 bits per heavy atom. The zero-order valence-corrected chi connectivity index (χ0v) is 15.9. The van der Waals surface area contributed by atoms with Gasteiger partial charge in [0.25, 0.3) is 6.43 Å². The monoisotopic (exact) mass is 407 g/mol.